The summed E-state index contributed by atoms with van der Waals surface area (Å²) in [6.07, 6.45) is 7.31. The molecule has 0 radical (unpaired) electrons. The average Bonchev–Trinajstić information content (AvgIpc) is 3.56. The van der Waals surface area contributed by atoms with Crippen LogP contribution in [0, 0.1) is 5.92 Å². The number of hydrogen-bond acceptors (Lipinski definition) is 6. The Balaban J connectivity index is 0.000000848. The van der Waals surface area contributed by atoms with Crippen LogP contribution in [0.4, 0.5) is 0 Å². The molecule has 9 heteroatoms. The maximum atomic E-state index is 13.2. The number of aromatic amines is 1. The van der Waals surface area contributed by atoms with E-state index in [0.717, 1.165) is 35.0 Å². The molecule has 4 heterocycles. The van der Waals surface area contributed by atoms with E-state index in [9.17, 15) is 4.79 Å². The van der Waals surface area contributed by atoms with Crippen molar-refractivity contribution in [2.24, 2.45) is 5.92 Å². The highest BCUT2D eigenvalue weighted by Gasteiger charge is 2.39. The Morgan fingerprint density at radius 3 is 2.58 bits per heavy atom. The maximum absolute atomic E-state index is 13.2. The molecular formula is C27H30N6O3. The number of carbonyl (C=O) groups excluding carboxylic acids is 1. The van der Waals surface area contributed by atoms with Crippen LogP contribution in [-0.4, -0.2) is 66.6 Å². The molecule has 2 unspecified atom stereocenters. The van der Waals surface area contributed by atoms with Crippen LogP contribution >= 0.6 is 0 Å². The van der Waals surface area contributed by atoms with Gasteiger partial charge in [0.2, 0.25) is 0 Å². The molecule has 0 spiro atoms. The van der Waals surface area contributed by atoms with Gasteiger partial charge in [-0.05, 0) is 56.3 Å². The second-order valence-corrected chi connectivity index (χ2v) is 9.74. The first-order chi connectivity index (χ1) is 17.6. The monoisotopic (exact) mass is 486 g/mol. The highest BCUT2D eigenvalue weighted by atomic mass is 16.3. The van der Waals surface area contributed by atoms with E-state index in [4.69, 9.17) is 9.90 Å². The van der Waals surface area contributed by atoms with Crippen molar-refractivity contribution in [3.05, 3.63) is 66.0 Å². The summed E-state index contributed by atoms with van der Waals surface area (Å²) in [5.41, 5.74) is 4.33. The predicted octanol–water partition coefficient (Wildman–Crippen LogP) is 4.02. The van der Waals surface area contributed by atoms with Gasteiger partial charge in [-0.1, -0.05) is 41.6 Å². The van der Waals surface area contributed by atoms with Crippen LogP contribution in [0.25, 0.3) is 22.2 Å². The molecule has 2 aromatic heterocycles. The summed E-state index contributed by atoms with van der Waals surface area (Å²) in [5, 5.41) is 23.8. The number of rotatable bonds is 6. The van der Waals surface area contributed by atoms with Gasteiger partial charge in [-0.2, -0.15) is 5.10 Å². The summed E-state index contributed by atoms with van der Waals surface area (Å²) in [6.45, 7) is 0.421. The topological polar surface area (TPSA) is 117 Å². The normalized spacial score (nSPS) is 21.2. The van der Waals surface area contributed by atoms with Gasteiger partial charge < -0.3 is 10.0 Å². The number of nitrogens with one attached hydrogen (secondary N) is 1. The molecule has 2 N–H and O–H groups in total. The number of benzene rings is 2. The molecule has 0 saturated carbocycles. The number of carbonyl (C=O) groups is 2. The number of aromatic nitrogens is 5. The molecule has 36 heavy (non-hydrogen) atoms. The molecule has 2 aliphatic heterocycles. The lowest BCUT2D eigenvalue weighted by Gasteiger charge is -2.36. The molecule has 2 aliphatic rings. The SMILES string of the molecule is CN1C2CCC1CC(CC(=O)c1n[nH]c3ccc(-c4cn(Cc5ccccc5)nn4)cc13)C2.O=CO. The zero-order chi connectivity index (χ0) is 25.1. The Hall–Kier alpha value is -3.85. The molecule has 2 saturated heterocycles. The van der Waals surface area contributed by atoms with Crippen LogP contribution in [0.2, 0.25) is 0 Å². The van der Waals surface area contributed by atoms with Gasteiger partial charge in [0.25, 0.3) is 6.47 Å². The number of Topliss-reactive ketones (excluding diaryl/α,β-unsaturated/α-hetero) is 1. The van der Waals surface area contributed by atoms with Crippen molar-refractivity contribution in [3.63, 3.8) is 0 Å². The third-order valence-corrected chi connectivity index (χ3v) is 7.52. The van der Waals surface area contributed by atoms with Gasteiger partial charge in [0.15, 0.2) is 5.78 Å². The van der Waals surface area contributed by atoms with Gasteiger partial charge in [0.05, 0.1) is 18.3 Å². The number of nitrogens with zero attached hydrogens (tertiary/aromatic N) is 5. The Bertz CT molecular complexity index is 1330. The van der Waals surface area contributed by atoms with E-state index in [1.165, 1.54) is 18.4 Å². The minimum atomic E-state index is -0.250. The summed E-state index contributed by atoms with van der Waals surface area (Å²) >= 11 is 0. The second-order valence-electron chi connectivity index (χ2n) is 9.74. The first-order valence-corrected chi connectivity index (χ1v) is 12.3. The van der Waals surface area contributed by atoms with E-state index in [2.05, 4.69) is 44.6 Å². The second kappa shape index (κ2) is 10.4. The summed E-state index contributed by atoms with van der Waals surface area (Å²) < 4.78 is 1.84. The quantitative estimate of drug-likeness (QED) is 0.312. The molecule has 2 atom stereocenters. The summed E-state index contributed by atoms with van der Waals surface area (Å²) in [7, 11) is 2.24. The van der Waals surface area contributed by atoms with Gasteiger partial charge in [0, 0.05) is 29.5 Å². The van der Waals surface area contributed by atoms with Gasteiger partial charge in [0.1, 0.15) is 11.4 Å². The van der Waals surface area contributed by atoms with Gasteiger partial charge in [-0.25, -0.2) is 4.68 Å². The van der Waals surface area contributed by atoms with E-state index in [1.54, 1.807) is 0 Å². The molecule has 186 valence electrons. The Labute approximate surface area is 209 Å². The van der Waals surface area contributed by atoms with Crippen LogP contribution in [0.3, 0.4) is 0 Å². The molecule has 0 amide bonds. The van der Waals surface area contributed by atoms with Gasteiger partial charge in [-0.15, -0.1) is 5.10 Å². The number of H-pyrrole nitrogens is 1. The van der Waals surface area contributed by atoms with Crippen molar-refractivity contribution in [2.75, 3.05) is 7.05 Å². The third-order valence-electron chi connectivity index (χ3n) is 7.52. The van der Waals surface area contributed by atoms with Crippen molar-refractivity contribution in [2.45, 2.75) is 50.7 Å². The number of fused-ring (bicyclic) bond motifs is 3. The van der Waals surface area contributed by atoms with Crippen LogP contribution < -0.4 is 0 Å². The first kappa shape index (κ1) is 23.9. The number of hydrogen-bond donors (Lipinski definition) is 2. The Kier molecular flexibility index (Phi) is 6.90. The lowest BCUT2D eigenvalue weighted by molar-refractivity contribution is -0.122. The van der Waals surface area contributed by atoms with Crippen molar-refractivity contribution < 1.29 is 14.7 Å². The summed E-state index contributed by atoms with van der Waals surface area (Å²) in [4.78, 5) is 24.1. The number of ketones is 1. The standard InChI is InChI=1S/C26H28N6O.CH2O2/c1-31-20-8-9-21(31)12-18(11-20)13-25(33)26-22-14-19(7-10-23(22)27-29-26)24-16-32(30-28-24)15-17-5-3-2-4-6-17;2-1-3/h2-7,10,14,16,18,20-21H,8-9,11-13,15H2,1H3,(H,27,29);1H,(H,2,3). The predicted molar refractivity (Wildman–Crippen MR) is 136 cm³/mol. The highest BCUT2D eigenvalue weighted by Crippen LogP contribution is 2.39. The fraction of sp³-hybridized carbons (Fsp3) is 0.370. The molecule has 4 aromatic rings. The van der Waals surface area contributed by atoms with Crippen molar-refractivity contribution >= 4 is 23.2 Å². The summed E-state index contributed by atoms with van der Waals surface area (Å²) in [6, 6.07) is 17.5. The van der Waals surface area contributed by atoms with E-state index in [0.29, 0.717) is 36.7 Å². The number of piperidine rings is 1. The van der Waals surface area contributed by atoms with Crippen molar-refractivity contribution in [1.82, 2.24) is 30.1 Å². The molecule has 2 bridgehead atoms. The van der Waals surface area contributed by atoms with Crippen LogP contribution in [0.15, 0.2) is 54.7 Å². The molecule has 6 rings (SSSR count). The minimum absolute atomic E-state index is 0.139. The molecule has 9 nitrogen and oxygen atoms in total. The molecular weight excluding hydrogens is 456 g/mol. The van der Waals surface area contributed by atoms with E-state index in [-0.39, 0.29) is 12.3 Å². The molecule has 2 fully saturated rings. The lowest BCUT2D eigenvalue weighted by Crippen LogP contribution is -2.40. The zero-order valence-electron chi connectivity index (χ0n) is 20.2. The zero-order valence-corrected chi connectivity index (χ0v) is 20.2. The van der Waals surface area contributed by atoms with Crippen LogP contribution in [0.1, 0.15) is 48.2 Å². The fourth-order valence-electron chi connectivity index (χ4n) is 5.71. The summed E-state index contributed by atoms with van der Waals surface area (Å²) in [5.74, 6) is 0.596. The highest BCUT2D eigenvalue weighted by molar-refractivity contribution is 6.06. The molecule has 0 aliphatic carbocycles. The third kappa shape index (κ3) is 4.92. The lowest BCUT2D eigenvalue weighted by atomic mass is 9.86. The maximum Gasteiger partial charge on any atom is 0.290 e. The minimum Gasteiger partial charge on any atom is -0.483 e. The number of carboxylic acid groups (broad SMARTS) is 1. The van der Waals surface area contributed by atoms with Crippen LogP contribution in [-0.2, 0) is 11.3 Å². The Morgan fingerprint density at radius 1 is 1.14 bits per heavy atom. The average molecular weight is 487 g/mol. The van der Waals surface area contributed by atoms with Crippen LogP contribution in [0.5, 0.6) is 0 Å². The Morgan fingerprint density at radius 2 is 1.86 bits per heavy atom. The van der Waals surface area contributed by atoms with E-state index >= 15 is 0 Å². The van der Waals surface area contributed by atoms with Gasteiger partial charge >= 0.3 is 0 Å². The molecule has 2 aromatic carbocycles. The van der Waals surface area contributed by atoms with Crippen molar-refractivity contribution in [1.29, 1.82) is 0 Å². The van der Waals surface area contributed by atoms with E-state index in [1.807, 2.05) is 47.3 Å². The van der Waals surface area contributed by atoms with Gasteiger partial charge in [-0.3, -0.25) is 14.7 Å². The largest absolute Gasteiger partial charge is 0.483 e. The fourth-order valence-corrected chi connectivity index (χ4v) is 5.71. The first-order valence-electron chi connectivity index (χ1n) is 12.3. The van der Waals surface area contributed by atoms with Crippen molar-refractivity contribution in [3.8, 4) is 11.3 Å². The van der Waals surface area contributed by atoms with E-state index < -0.39 is 0 Å². The smallest absolute Gasteiger partial charge is 0.290 e.